The maximum absolute atomic E-state index is 12.8. The lowest BCUT2D eigenvalue weighted by Crippen LogP contribution is -2.53. The van der Waals surface area contributed by atoms with Gasteiger partial charge < -0.3 is 15.3 Å². The highest BCUT2D eigenvalue weighted by molar-refractivity contribution is 5.49. The summed E-state index contributed by atoms with van der Waals surface area (Å²) in [7, 11) is 0. The second-order valence-electron chi connectivity index (χ2n) is 7.56. The highest BCUT2D eigenvalue weighted by Crippen LogP contribution is 2.40. The zero-order valence-electron chi connectivity index (χ0n) is 14.1. The third-order valence-electron chi connectivity index (χ3n) is 4.64. The SMILES string of the molecule is CC(C)(C)c1cc(O)c(O)c(CN2CCC(O)(C(F)(F)F)CC2)c1. The van der Waals surface area contributed by atoms with Crippen molar-refractivity contribution < 1.29 is 28.5 Å². The van der Waals surface area contributed by atoms with Crippen molar-refractivity contribution in [1.82, 2.24) is 4.90 Å². The highest BCUT2D eigenvalue weighted by Gasteiger charge is 2.54. The van der Waals surface area contributed by atoms with Crippen molar-refractivity contribution in [3.8, 4) is 11.5 Å². The molecule has 24 heavy (non-hydrogen) atoms. The number of alkyl halides is 3. The number of nitrogens with zero attached hydrogens (tertiary/aromatic N) is 1. The van der Waals surface area contributed by atoms with Crippen LogP contribution in [0.25, 0.3) is 0 Å². The van der Waals surface area contributed by atoms with Gasteiger partial charge in [0.1, 0.15) is 0 Å². The van der Waals surface area contributed by atoms with E-state index in [1.807, 2.05) is 20.8 Å². The predicted molar refractivity (Wildman–Crippen MR) is 84.0 cm³/mol. The van der Waals surface area contributed by atoms with E-state index in [1.54, 1.807) is 11.0 Å². The number of phenols is 2. The molecule has 0 amide bonds. The molecule has 1 aromatic rings. The number of halogens is 3. The summed E-state index contributed by atoms with van der Waals surface area (Å²) >= 11 is 0. The topological polar surface area (TPSA) is 63.9 Å². The van der Waals surface area contributed by atoms with Gasteiger partial charge in [0.15, 0.2) is 17.1 Å². The van der Waals surface area contributed by atoms with Crippen LogP contribution in [0.15, 0.2) is 12.1 Å². The Morgan fingerprint density at radius 3 is 2.08 bits per heavy atom. The Hall–Kier alpha value is -1.47. The van der Waals surface area contributed by atoms with E-state index >= 15 is 0 Å². The molecule has 0 unspecified atom stereocenters. The number of phenolic OH excluding ortho intramolecular Hbond substituents is 2. The fourth-order valence-corrected chi connectivity index (χ4v) is 2.84. The monoisotopic (exact) mass is 347 g/mol. The van der Waals surface area contributed by atoms with E-state index in [1.165, 1.54) is 6.07 Å². The largest absolute Gasteiger partial charge is 0.504 e. The van der Waals surface area contributed by atoms with Gasteiger partial charge in [-0.3, -0.25) is 4.90 Å². The molecule has 0 aliphatic carbocycles. The predicted octanol–water partition coefficient (Wildman–Crippen LogP) is 3.28. The molecule has 7 heteroatoms. The van der Waals surface area contributed by atoms with E-state index in [9.17, 15) is 28.5 Å². The number of aliphatic hydroxyl groups is 1. The quantitative estimate of drug-likeness (QED) is 0.719. The standard InChI is InChI=1S/C17H24F3NO3/c1-15(2,3)12-8-11(14(23)13(22)9-12)10-21-6-4-16(24,5-7-21)17(18,19)20/h8-9,22-24H,4-7,10H2,1-3H3. The number of rotatable bonds is 2. The van der Waals surface area contributed by atoms with Gasteiger partial charge in [-0.25, -0.2) is 0 Å². The molecule has 1 heterocycles. The average Bonchev–Trinajstić information content (AvgIpc) is 2.43. The molecule has 0 atom stereocenters. The Kier molecular flexibility index (Phi) is 4.80. The highest BCUT2D eigenvalue weighted by atomic mass is 19.4. The van der Waals surface area contributed by atoms with Crippen LogP contribution in [0.4, 0.5) is 13.2 Å². The van der Waals surface area contributed by atoms with E-state index in [2.05, 4.69) is 0 Å². The van der Waals surface area contributed by atoms with Crippen molar-refractivity contribution in [2.24, 2.45) is 0 Å². The van der Waals surface area contributed by atoms with Crippen LogP contribution < -0.4 is 0 Å². The van der Waals surface area contributed by atoms with Gasteiger partial charge in [0.05, 0.1) is 0 Å². The van der Waals surface area contributed by atoms with Gasteiger partial charge in [-0.2, -0.15) is 13.2 Å². The Morgan fingerprint density at radius 1 is 1.08 bits per heavy atom. The van der Waals surface area contributed by atoms with Crippen LogP contribution in [0.5, 0.6) is 11.5 Å². The average molecular weight is 347 g/mol. The lowest BCUT2D eigenvalue weighted by molar-refractivity contribution is -0.272. The number of piperidine rings is 1. The van der Waals surface area contributed by atoms with Crippen molar-refractivity contribution in [2.45, 2.75) is 57.3 Å². The Morgan fingerprint density at radius 2 is 1.62 bits per heavy atom. The molecule has 0 saturated carbocycles. The Bertz CT molecular complexity index is 600. The molecule has 1 aliphatic rings. The van der Waals surface area contributed by atoms with Gasteiger partial charge in [0.25, 0.3) is 0 Å². The van der Waals surface area contributed by atoms with Gasteiger partial charge in [-0.1, -0.05) is 26.8 Å². The first-order chi connectivity index (χ1) is 10.8. The van der Waals surface area contributed by atoms with Crippen LogP contribution in [0.2, 0.25) is 0 Å². The maximum atomic E-state index is 12.8. The number of hydrogen-bond acceptors (Lipinski definition) is 4. The van der Waals surface area contributed by atoms with Gasteiger partial charge in [0.2, 0.25) is 0 Å². The summed E-state index contributed by atoms with van der Waals surface area (Å²) in [4.78, 5) is 1.74. The van der Waals surface area contributed by atoms with Crippen molar-refractivity contribution in [3.05, 3.63) is 23.3 Å². The lowest BCUT2D eigenvalue weighted by atomic mass is 9.85. The number of aromatic hydroxyl groups is 2. The van der Waals surface area contributed by atoms with Crippen LogP contribution in [0.3, 0.4) is 0 Å². The van der Waals surface area contributed by atoms with Gasteiger partial charge in [-0.15, -0.1) is 0 Å². The molecule has 0 bridgehead atoms. The first-order valence-corrected chi connectivity index (χ1v) is 7.90. The number of hydrogen-bond donors (Lipinski definition) is 3. The van der Waals surface area contributed by atoms with Crippen molar-refractivity contribution in [1.29, 1.82) is 0 Å². The first-order valence-electron chi connectivity index (χ1n) is 7.90. The lowest BCUT2D eigenvalue weighted by Gasteiger charge is -2.39. The molecule has 4 nitrogen and oxygen atoms in total. The third-order valence-corrected chi connectivity index (χ3v) is 4.64. The van der Waals surface area contributed by atoms with Crippen molar-refractivity contribution in [2.75, 3.05) is 13.1 Å². The van der Waals surface area contributed by atoms with E-state index < -0.39 is 24.6 Å². The third kappa shape index (κ3) is 3.78. The number of benzene rings is 1. The van der Waals surface area contributed by atoms with E-state index in [-0.39, 0.29) is 36.5 Å². The maximum Gasteiger partial charge on any atom is 0.417 e. The van der Waals surface area contributed by atoms with E-state index in [0.29, 0.717) is 5.56 Å². The van der Waals surface area contributed by atoms with Gasteiger partial charge >= 0.3 is 6.18 Å². The van der Waals surface area contributed by atoms with E-state index in [4.69, 9.17) is 0 Å². The zero-order valence-corrected chi connectivity index (χ0v) is 14.1. The fourth-order valence-electron chi connectivity index (χ4n) is 2.84. The summed E-state index contributed by atoms with van der Waals surface area (Å²) in [5.74, 6) is -0.485. The van der Waals surface area contributed by atoms with Crippen LogP contribution >= 0.6 is 0 Å². The zero-order chi connectivity index (χ0) is 18.3. The minimum Gasteiger partial charge on any atom is -0.504 e. The molecule has 1 saturated heterocycles. The molecular weight excluding hydrogens is 323 g/mol. The normalized spacial score (nSPS) is 19.5. The van der Waals surface area contributed by atoms with E-state index in [0.717, 1.165) is 5.56 Å². The van der Waals surface area contributed by atoms with Gasteiger partial charge in [-0.05, 0) is 29.9 Å². The van der Waals surface area contributed by atoms with Crippen LogP contribution in [-0.4, -0.2) is 45.1 Å². The molecule has 0 spiro atoms. The summed E-state index contributed by atoms with van der Waals surface area (Å²) in [6.45, 7) is 6.25. The summed E-state index contributed by atoms with van der Waals surface area (Å²) in [6.07, 6.45) is -5.43. The first kappa shape index (κ1) is 18.9. The molecule has 2 rings (SSSR count). The smallest absolute Gasteiger partial charge is 0.417 e. The van der Waals surface area contributed by atoms with Crippen LogP contribution in [0.1, 0.15) is 44.7 Å². The molecule has 0 radical (unpaired) electrons. The fraction of sp³-hybridized carbons (Fsp3) is 0.647. The molecule has 1 fully saturated rings. The Balaban J connectivity index is 2.15. The molecule has 1 aromatic carbocycles. The minimum absolute atomic E-state index is 0.0654. The Labute approximate surface area is 139 Å². The van der Waals surface area contributed by atoms with Gasteiger partial charge in [0, 0.05) is 25.2 Å². The molecule has 1 aliphatic heterocycles. The summed E-state index contributed by atoms with van der Waals surface area (Å²) in [5, 5.41) is 29.7. The minimum atomic E-state index is -4.63. The molecular formula is C17H24F3NO3. The number of likely N-dealkylation sites (tertiary alicyclic amines) is 1. The molecule has 0 aromatic heterocycles. The van der Waals surface area contributed by atoms with Crippen LogP contribution in [0, 0.1) is 0 Å². The summed E-state index contributed by atoms with van der Waals surface area (Å²) < 4.78 is 38.5. The van der Waals surface area contributed by atoms with Crippen molar-refractivity contribution >= 4 is 0 Å². The van der Waals surface area contributed by atoms with Crippen LogP contribution in [-0.2, 0) is 12.0 Å². The second kappa shape index (κ2) is 6.11. The molecule has 136 valence electrons. The second-order valence-corrected chi connectivity index (χ2v) is 7.56. The summed E-state index contributed by atoms with van der Waals surface area (Å²) in [5.41, 5.74) is -1.58. The summed E-state index contributed by atoms with van der Waals surface area (Å²) in [6, 6.07) is 3.26. The molecule has 3 N–H and O–H groups in total. The van der Waals surface area contributed by atoms with Crippen molar-refractivity contribution in [3.63, 3.8) is 0 Å².